The summed E-state index contributed by atoms with van der Waals surface area (Å²) >= 11 is 0. The number of aryl methyl sites for hydroxylation is 2. The third-order valence-electron chi connectivity index (χ3n) is 5.85. The van der Waals surface area contributed by atoms with E-state index in [0.717, 1.165) is 60.9 Å². The van der Waals surface area contributed by atoms with E-state index < -0.39 is 0 Å². The number of nitrogens with one attached hydrogen (secondary N) is 1. The molecule has 0 radical (unpaired) electrons. The van der Waals surface area contributed by atoms with E-state index in [4.69, 9.17) is 4.98 Å². The van der Waals surface area contributed by atoms with Gasteiger partial charge in [0, 0.05) is 30.6 Å². The zero-order valence-corrected chi connectivity index (χ0v) is 15.0. The molecule has 0 aromatic carbocycles. The summed E-state index contributed by atoms with van der Waals surface area (Å²) in [5, 5.41) is 18.2. The second kappa shape index (κ2) is 6.09. The van der Waals surface area contributed by atoms with Crippen molar-refractivity contribution < 1.29 is 9.90 Å². The highest BCUT2D eigenvalue weighted by Gasteiger charge is 2.34. The molecule has 134 valence electrons. The van der Waals surface area contributed by atoms with Crippen molar-refractivity contribution in [1.29, 1.82) is 0 Å². The maximum absolute atomic E-state index is 13.0. The first kappa shape index (κ1) is 16.5. The van der Waals surface area contributed by atoms with Crippen molar-refractivity contribution in [2.24, 2.45) is 12.5 Å². The lowest BCUT2D eigenvalue weighted by Gasteiger charge is -2.26. The number of aliphatic hydroxyl groups is 1. The van der Waals surface area contributed by atoms with Crippen molar-refractivity contribution in [3.63, 3.8) is 0 Å². The molecule has 2 saturated carbocycles. The highest BCUT2D eigenvalue weighted by atomic mass is 16.3. The van der Waals surface area contributed by atoms with Gasteiger partial charge in [-0.2, -0.15) is 5.10 Å². The van der Waals surface area contributed by atoms with Gasteiger partial charge in [0.15, 0.2) is 5.65 Å². The van der Waals surface area contributed by atoms with Crippen LogP contribution >= 0.6 is 0 Å². The summed E-state index contributed by atoms with van der Waals surface area (Å²) in [5.41, 5.74) is 3.13. The van der Waals surface area contributed by atoms with E-state index >= 15 is 0 Å². The van der Waals surface area contributed by atoms with Gasteiger partial charge in [-0.1, -0.05) is 12.8 Å². The number of aromatic nitrogens is 3. The number of pyridine rings is 1. The number of hydrogen-bond acceptors (Lipinski definition) is 4. The van der Waals surface area contributed by atoms with Crippen molar-refractivity contribution in [2.75, 3.05) is 13.2 Å². The molecular weight excluding hydrogens is 316 g/mol. The third kappa shape index (κ3) is 2.92. The van der Waals surface area contributed by atoms with Gasteiger partial charge in [-0.05, 0) is 38.7 Å². The summed E-state index contributed by atoms with van der Waals surface area (Å²) in [4.78, 5) is 17.7. The summed E-state index contributed by atoms with van der Waals surface area (Å²) in [6, 6.07) is 1.95. The Bertz CT molecular complexity index is 816. The topological polar surface area (TPSA) is 80.0 Å². The zero-order valence-electron chi connectivity index (χ0n) is 15.0. The number of carbonyl (C=O) groups is 1. The van der Waals surface area contributed by atoms with Gasteiger partial charge in [0.1, 0.15) is 0 Å². The SMILES string of the molecule is Cc1nn(C)c2nc(C3CC3)cc(C(=O)NCC3(CO)CCCC3)c12. The Morgan fingerprint density at radius 3 is 2.76 bits per heavy atom. The van der Waals surface area contributed by atoms with Gasteiger partial charge in [0.2, 0.25) is 0 Å². The van der Waals surface area contributed by atoms with Gasteiger partial charge < -0.3 is 10.4 Å². The fourth-order valence-electron chi connectivity index (χ4n) is 4.11. The van der Waals surface area contributed by atoms with Gasteiger partial charge in [0.05, 0.1) is 23.3 Å². The molecule has 2 aliphatic rings. The molecule has 0 aliphatic heterocycles. The summed E-state index contributed by atoms with van der Waals surface area (Å²) in [7, 11) is 1.87. The minimum Gasteiger partial charge on any atom is -0.396 e. The molecule has 2 aromatic rings. The number of rotatable bonds is 5. The first-order valence-corrected chi connectivity index (χ1v) is 9.26. The van der Waals surface area contributed by atoms with Crippen LogP contribution in [0, 0.1) is 12.3 Å². The van der Waals surface area contributed by atoms with Crippen molar-refractivity contribution in [3.8, 4) is 0 Å². The van der Waals surface area contributed by atoms with E-state index in [2.05, 4.69) is 10.4 Å². The van der Waals surface area contributed by atoms with E-state index in [1.54, 1.807) is 4.68 Å². The summed E-state index contributed by atoms with van der Waals surface area (Å²) in [6.45, 7) is 2.59. The molecule has 0 spiro atoms. The van der Waals surface area contributed by atoms with Crippen molar-refractivity contribution in [2.45, 2.75) is 51.4 Å². The number of nitrogens with zero attached hydrogens (tertiary/aromatic N) is 3. The molecule has 1 amide bonds. The summed E-state index contributed by atoms with van der Waals surface area (Å²) < 4.78 is 1.76. The van der Waals surface area contributed by atoms with Gasteiger partial charge in [0.25, 0.3) is 5.91 Å². The van der Waals surface area contributed by atoms with E-state index in [-0.39, 0.29) is 17.9 Å². The smallest absolute Gasteiger partial charge is 0.252 e. The van der Waals surface area contributed by atoms with Gasteiger partial charge in [-0.15, -0.1) is 0 Å². The van der Waals surface area contributed by atoms with Gasteiger partial charge in [-0.25, -0.2) is 4.98 Å². The lowest BCUT2D eigenvalue weighted by Crippen LogP contribution is -2.38. The van der Waals surface area contributed by atoms with Crippen molar-refractivity contribution in [3.05, 3.63) is 23.0 Å². The van der Waals surface area contributed by atoms with E-state index in [0.29, 0.717) is 18.0 Å². The zero-order chi connectivity index (χ0) is 17.6. The van der Waals surface area contributed by atoms with Crippen LogP contribution in [-0.2, 0) is 7.05 Å². The van der Waals surface area contributed by atoms with Gasteiger partial charge >= 0.3 is 0 Å². The van der Waals surface area contributed by atoms with Crippen LogP contribution in [0.5, 0.6) is 0 Å². The molecule has 0 saturated heterocycles. The number of fused-ring (bicyclic) bond motifs is 1. The largest absolute Gasteiger partial charge is 0.396 e. The van der Waals surface area contributed by atoms with Crippen LogP contribution < -0.4 is 5.32 Å². The van der Waals surface area contributed by atoms with Crippen LogP contribution in [0.2, 0.25) is 0 Å². The van der Waals surface area contributed by atoms with E-state index in [1.165, 1.54) is 0 Å². The minimum atomic E-state index is -0.148. The molecule has 2 aromatic heterocycles. The Hall–Kier alpha value is -1.95. The molecule has 4 rings (SSSR count). The molecule has 0 atom stereocenters. The van der Waals surface area contributed by atoms with Crippen LogP contribution in [0.25, 0.3) is 11.0 Å². The second-order valence-corrected chi connectivity index (χ2v) is 7.82. The molecule has 6 nitrogen and oxygen atoms in total. The first-order chi connectivity index (χ1) is 12.0. The summed E-state index contributed by atoms with van der Waals surface area (Å²) in [5.74, 6) is 0.398. The monoisotopic (exact) mass is 342 g/mol. The van der Waals surface area contributed by atoms with Crippen LogP contribution in [-0.4, -0.2) is 38.9 Å². The Kier molecular flexibility index (Phi) is 4.02. The van der Waals surface area contributed by atoms with Crippen LogP contribution in [0.3, 0.4) is 0 Å². The molecule has 0 bridgehead atoms. The Morgan fingerprint density at radius 2 is 2.12 bits per heavy atom. The maximum atomic E-state index is 13.0. The number of hydrogen-bond donors (Lipinski definition) is 2. The number of amides is 1. The maximum Gasteiger partial charge on any atom is 0.252 e. The van der Waals surface area contributed by atoms with Gasteiger partial charge in [-0.3, -0.25) is 9.48 Å². The first-order valence-electron chi connectivity index (χ1n) is 9.26. The van der Waals surface area contributed by atoms with E-state index in [9.17, 15) is 9.90 Å². The van der Waals surface area contributed by atoms with Crippen molar-refractivity contribution in [1.82, 2.24) is 20.1 Å². The predicted molar refractivity (Wildman–Crippen MR) is 95.5 cm³/mol. The fourth-order valence-corrected chi connectivity index (χ4v) is 4.11. The third-order valence-corrected chi connectivity index (χ3v) is 5.85. The second-order valence-electron chi connectivity index (χ2n) is 7.82. The Balaban J connectivity index is 1.66. The predicted octanol–water partition coefficient (Wildman–Crippen LogP) is 2.44. The van der Waals surface area contributed by atoms with Crippen LogP contribution in [0.4, 0.5) is 0 Å². The highest BCUT2D eigenvalue weighted by Crippen LogP contribution is 2.40. The molecule has 2 N–H and O–H groups in total. The number of carbonyl (C=O) groups excluding carboxylic acids is 1. The lowest BCUT2D eigenvalue weighted by molar-refractivity contribution is 0.0882. The van der Waals surface area contributed by atoms with Crippen LogP contribution in [0.1, 0.15) is 66.2 Å². The normalized spacial score (nSPS) is 19.5. The van der Waals surface area contributed by atoms with Crippen LogP contribution in [0.15, 0.2) is 6.07 Å². The number of aliphatic hydroxyl groups excluding tert-OH is 1. The molecule has 25 heavy (non-hydrogen) atoms. The molecular formula is C19H26N4O2. The molecule has 0 unspecified atom stereocenters. The molecule has 6 heteroatoms. The molecule has 2 fully saturated rings. The average molecular weight is 342 g/mol. The Morgan fingerprint density at radius 1 is 1.40 bits per heavy atom. The standard InChI is InChI=1S/C19H26N4O2/c1-12-16-14(18(25)20-10-19(11-24)7-3-4-8-19)9-15(13-5-6-13)21-17(16)23(2)22-12/h9,13,24H,3-8,10-11H2,1-2H3,(H,20,25). The average Bonchev–Trinajstić information content (AvgIpc) is 3.29. The Labute approximate surface area is 147 Å². The summed E-state index contributed by atoms with van der Waals surface area (Å²) in [6.07, 6.45) is 6.50. The molecule has 2 aliphatic carbocycles. The highest BCUT2D eigenvalue weighted by molar-refractivity contribution is 6.06. The minimum absolute atomic E-state index is 0.0786. The molecule has 2 heterocycles. The lowest BCUT2D eigenvalue weighted by atomic mass is 9.87. The van der Waals surface area contributed by atoms with E-state index in [1.807, 2.05) is 20.0 Å². The quantitative estimate of drug-likeness (QED) is 0.874. The van der Waals surface area contributed by atoms with Crippen molar-refractivity contribution >= 4 is 16.9 Å². The fraction of sp³-hybridized carbons (Fsp3) is 0.632.